The molecule has 146 valence electrons. The summed E-state index contributed by atoms with van der Waals surface area (Å²) in [5, 5.41) is 12.5. The van der Waals surface area contributed by atoms with Gasteiger partial charge in [-0.1, -0.05) is 53.5 Å². The minimum Gasteiger partial charge on any atom is -0.418 e. The van der Waals surface area contributed by atoms with E-state index in [-0.39, 0.29) is 5.02 Å². The third-order valence-electron chi connectivity index (χ3n) is 4.46. The van der Waals surface area contributed by atoms with Gasteiger partial charge in [0.1, 0.15) is 11.9 Å². The molecule has 1 aromatic heterocycles. The van der Waals surface area contributed by atoms with Gasteiger partial charge < -0.3 is 9.73 Å². The van der Waals surface area contributed by atoms with Crippen LogP contribution in [0.5, 0.6) is 0 Å². The maximum absolute atomic E-state index is 13.6. The van der Waals surface area contributed by atoms with E-state index in [9.17, 15) is 4.39 Å². The van der Waals surface area contributed by atoms with Crippen molar-refractivity contribution < 1.29 is 8.81 Å². The van der Waals surface area contributed by atoms with Gasteiger partial charge in [0.25, 0.3) is 0 Å². The van der Waals surface area contributed by atoms with Crippen molar-refractivity contribution in [2.24, 2.45) is 0 Å². The number of hydrogen-bond donors (Lipinski definition) is 1. The monoisotopic (exact) mass is 427 g/mol. The first-order chi connectivity index (χ1) is 14.0. The van der Waals surface area contributed by atoms with E-state index in [4.69, 9.17) is 27.6 Å². The Morgan fingerprint density at radius 3 is 2.45 bits per heavy atom. The highest BCUT2D eigenvalue weighted by Crippen LogP contribution is 2.33. The molecule has 0 amide bonds. The fraction of sp³-hybridized carbons (Fsp3) is 0.0909. The minimum absolute atomic E-state index is 0.250. The van der Waals surface area contributed by atoms with Gasteiger partial charge in [-0.25, -0.2) is 4.39 Å². The quantitative estimate of drug-likeness (QED) is 0.385. The third kappa shape index (κ3) is 4.26. The van der Waals surface area contributed by atoms with Crippen LogP contribution >= 0.6 is 23.2 Å². The van der Waals surface area contributed by atoms with Gasteiger partial charge in [0.15, 0.2) is 0 Å². The molecule has 0 aliphatic rings. The van der Waals surface area contributed by atoms with Crippen molar-refractivity contribution in [1.82, 2.24) is 10.2 Å². The van der Waals surface area contributed by atoms with E-state index >= 15 is 0 Å². The number of nitrogens with one attached hydrogen (secondary N) is 1. The van der Waals surface area contributed by atoms with Crippen LogP contribution in [0.15, 0.2) is 71.1 Å². The molecule has 4 rings (SSSR count). The number of benzene rings is 3. The van der Waals surface area contributed by atoms with E-state index in [0.717, 1.165) is 16.8 Å². The molecule has 0 spiro atoms. The summed E-state index contributed by atoms with van der Waals surface area (Å²) in [7, 11) is 0. The van der Waals surface area contributed by atoms with Crippen LogP contribution in [0, 0.1) is 12.7 Å². The number of hydrogen-bond acceptors (Lipinski definition) is 4. The van der Waals surface area contributed by atoms with Gasteiger partial charge in [0.2, 0.25) is 11.8 Å². The maximum atomic E-state index is 13.6. The lowest BCUT2D eigenvalue weighted by atomic mass is 10.1. The fourth-order valence-electron chi connectivity index (χ4n) is 2.91. The Morgan fingerprint density at radius 2 is 1.72 bits per heavy atom. The van der Waals surface area contributed by atoms with Gasteiger partial charge in [0.05, 0.1) is 0 Å². The molecule has 0 aliphatic heterocycles. The lowest BCUT2D eigenvalue weighted by Crippen LogP contribution is -2.13. The van der Waals surface area contributed by atoms with Gasteiger partial charge in [-0.2, -0.15) is 0 Å². The largest absolute Gasteiger partial charge is 0.418 e. The second-order valence-electron chi connectivity index (χ2n) is 6.52. The molecule has 0 saturated heterocycles. The second-order valence-corrected chi connectivity index (χ2v) is 7.33. The molecule has 4 aromatic rings. The summed E-state index contributed by atoms with van der Waals surface area (Å²) in [4.78, 5) is 0. The Kier molecular flexibility index (Phi) is 5.51. The van der Waals surface area contributed by atoms with Gasteiger partial charge >= 0.3 is 0 Å². The normalized spacial score (nSPS) is 12.0. The summed E-state index contributed by atoms with van der Waals surface area (Å²) < 4.78 is 19.5. The Hall–Kier alpha value is -2.89. The van der Waals surface area contributed by atoms with Crippen molar-refractivity contribution >= 4 is 28.9 Å². The lowest BCUT2D eigenvalue weighted by molar-refractivity contribution is 0.494. The van der Waals surface area contributed by atoms with Gasteiger partial charge in [-0.3, -0.25) is 0 Å². The number of halogens is 3. The van der Waals surface area contributed by atoms with Gasteiger partial charge in [-0.05, 0) is 48.9 Å². The molecule has 29 heavy (non-hydrogen) atoms. The smallest absolute Gasteiger partial charge is 0.247 e. The molecule has 0 radical (unpaired) electrons. The zero-order valence-corrected chi connectivity index (χ0v) is 16.9. The Balaban J connectivity index is 1.76. The Labute approximate surface area is 177 Å². The second kappa shape index (κ2) is 8.23. The third-order valence-corrected chi connectivity index (χ3v) is 5.20. The van der Waals surface area contributed by atoms with Gasteiger partial charge in [0, 0.05) is 26.9 Å². The number of nitrogens with zero attached hydrogens (tertiary/aromatic N) is 2. The summed E-state index contributed by atoms with van der Waals surface area (Å²) in [6, 6.07) is 18.6. The van der Waals surface area contributed by atoms with E-state index in [1.807, 2.05) is 49.4 Å². The number of aryl methyl sites for hydroxylation is 1. The van der Waals surface area contributed by atoms with E-state index in [1.165, 1.54) is 12.1 Å². The van der Waals surface area contributed by atoms with E-state index < -0.39 is 11.9 Å². The highest BCUT2D eigenvalue weighted by atomic mass is 35.5. The first kappa shape index (κ1) is 19.4. The predicted molar refractivity (Wildman–Crippen MR) is 113 cm³/mol. The Bertz CT molecular complexity index is 1150. The predicted octanol–water partition coefficient (Wildman–Crippen LogP) is 6.69. The molecule has 0 saturated carbocycles. The van der Waals surface area contributed by atoms with Crippen LogP contribution in [0.25, 0.3) is 11.5 Å². The average molecular weight is 428 g/mol. The SMILES string of the molecule is Cc1ccc(N[C@@H](c2nnc(-c3ccccc3)o2)c2ccc(F)cc2Cl)cc1Cl. The van der Waals surface area contributed by atoms with E-state index in [0.29, 0.717) is 22.4 Å². The fourth-order valence-corrected chi connectivity index (χ4v) is 3.36. The minimum atomic E-state index is -0.591. The number of aromatic nitrogens is 2. The summed E-state index contributed by atoms with van der Waals surface area (Å²) in [5.74, 6) is 0.257. The first-order valence-corrected chi connectivity index (χ1v) is 9.63. The molecule has 0 fully saturated rings. The Morgan fingerprint density at radius 1 is 0.931 bits per heavy atom. The summed E-state index contributed by atoms with van der Waals surface area (Å²) >= 11 is 12.6. The molecule has 0 bridgehead atoms. The van der Waals surface area contributed by atoms with Crippen molar-refractivity contribution in [3.8, 4) is 11.5 Å². The number of anilines is 1. The molecule has 0 aliphatic carbocycles. The molecule has 4 nitrogen and oxygen atoms in total. The zero-order valence-electron chi connectivity index (χ0n) is 15.4. The molecule has 0 unspecified atom stereocenters. The van der Waals surface area contributed by atoms with Gasteiger partial charge in [-0.15, -0.1) is 10.2 Å². The van der Waals surface area contributed by atoms with Crippen molar-refractivity contribution in [3.63, 3.8) is 0 Å². The molecule has 7 heteroatoms. The summed E-state index contributed by atoms with van der Waals surface area (Å²) in [6.45, 7) is 1.92. The molecule has 1 heterocycles. The van der Waals surface area contributed by atoms with Crippen LogP contribution in [0.4, 0.5) is 10.1 Å². The highest BCUT2D eigenvalue weighted by Gasteiger charge is 2.24. The summed E-state index contributed by atoms with van der Waals surface area (Å²) in [6.07, 6.45) is 0. The van der Waals surface area contributed by atoms with Crippen LogP contribution in [0.1, 0.15) is 23.1 Å². The van der Waals surface area contributed by atoms with E-state index in [2.05, 4.69) is 15.5 Å². The van der Waals surface area contributed by atoms with Crippen LogP contribution in [-0.2, 0) is 0 Å². The first-order valence-electron chi connectivity index (χ1n) is 8.88. The molecular formula is C22H16Cl2FN3O. The molecule has 3 aromatic carbocycles. The van der Waals surface area contributed by atoms with Crippen molar-refractivity contribution in [2.45, 2.75) is 13.0 Å². The van der Waals surface area contributed by atoms with Crippen LogP contribution in [0.3, 0.4) is 0 Å². The highest BCUT2D eigenvalue weighted by molar-refractivity contribution is 6.32. The summed E-state index contributed by atoms with van der Waals surface area (Å²) in [5.41, 5.74) is 3.10. The topological polar surface area (TPSA) is 51.0 Å². The van der Waals surface area contributed by atoms with Crippen LogP contribution in [0.2, 0.25) is 10.0 Å². The molecule has 1 atom stereocenters. The molecule has 1 N–H and O–H groups in total. The van der Waals surface area contributed by atoms with Crippen LogP contribution in [-0.4, -0.2) is 10.2 Å². The average Bonchev–Trinajstić information content (AvgIpc) is 3.20. The zero-order chi connectivity index (χ0) is 20.4. The van der Waals surface area contributed by atoms with E-state index in [1.54, 1.807) is 12.1 Å². The van der Waals surface area contributed by atoms with Crippen molar-refractivity contribution in [1.29, 1.82) is 0 Å². The maximum Gasteiger partial charge on any atom is 0.247 e. The standard InChI is InChI=1S/C22H16Cl2FN3O/c1-13-7-9-16(12-18(13)23)26-20(17-10-8-15(25)11-19(17)24)22-28-27-21(29-22)14-5-3-2-4-6-14/h2-12,20,26H,1H3/t20-/m1/s1. The van der Waals surface area contributed by atoms with Crippen molar-refractivity contribution in [2.75, 3.05) is 5.32 Å². The molecular weight excluding hydrogens is 412 g/mol. The lowest BCUT2D eigenvalue weighted by Gasteiger charge is -2.19. The van der Waals surface area contributed by atoms with Crippen LogP contribution < -0.4 is 5.32 Å². The number of rotatable bonds is 5. The van der Waals surface area contributed by atoms with Crippen molar-refractivity contribution in [3.05, 3.63) is 99.6 Å².